The SMILES string of the molecule is COCC1(CNC(=O)c2nc(Cl)c(C(F)F)s2)CCCO1. The molecule has 21 heavy (non-hydrogen) atoms. The second-order valence-electron chi connectivity index (χ2n) is 4.73. The summed E-state index contributed by atoms with van der Waals surface area (Å²) in [5, 5.41) is 2.23. The van der Waals surface area contributed by atoms with E-state index in [9.17, 15) is 13.6 Å². The van der Waals surface area contributed by atoms with Crippen molar-refractivity contribution in [3.8, 4) is 0 Å². The zero-order valence-corrected chi connectivity index (χ0v) is 12.9. The topological polar surface area (TPSA) is 60.5 Å². The van der Waals surface area contributed by atoms with E-state index in [2.05, 4.69) is 10.3 Å². The van der Waals surface area contributed by atoms with Crippen LogP contribution in [0.4, 0.5) is 8.78 Å². The van der Waals surface area contributed by atoms with Gasteiger partial charge in [0.2, 0.25) is 0 Å². The summed E-state index contributed by atoms with van der Waals surface area (Å²) in [6, 6.07) is 0. The fourth-order valence-corrected chi connectivity index (χ4v) is 3.25. The van der Waals surface area contributed by atoms with Crippen molar-refractivity contribution in [2.75, 3.05) is 26.9 Å². The highest BCUT2D eigenvalue weighted by molar-refractivity contribution is 7.14. The number of nitrogens with zero attached hydrogens (tertiary/aromatic N) is 1. The van der Waals surface area contributed by atoms with E-state index in [1.807, 2.05) is 0 Å². The van der Waals surface area contributed by atoms with Crippen molar-refractivity contribution in [3.05, 3.63) is 15.0 Å². The number of amides is 1. The lowest BCUT2D eigenvalue weighted by atomic mass is 10.0. The molecule has 1 aliphatic rings. The number of thiazole rings is 1. The van der Waals surface area contributed by atoms with Gasteiger partial charge >= 0.3 is 0 Å². The molecule has 5 nitrogen and oxygen atoms in total. The second kappa shape index (κ2) is 6.95. The molecule has 1 fully saturated rings. The van der Waals surface area contributed by atoms with E-state index in [0.717, 1.165) is 12.8 Å². The van der Waals surface area contributed by atoms with Crippen molar-refractivity contribution >= 4 is 28.8 Å². The van der Waals surface area contributed by atoms with Gasteiger partial charge < -0.3 is 14.8 Å². The van der Waals surface area contributed by atoms with Crippen molar-refractivity contribution in [2.45, 2.75) is 24.9 Å². The van der Waals surface area contributed by atoms with Crippen LogP contribution in [0.3, 0.4) is 0 Å². The van der Waals surface area contributed by atoms with Crippen LogP contribution in [0, 0.1) is 0 Å². The summed E-state index contributed by atoms with van der Waals surface area (Å²) < 4.78 is 36.0. The summed E-state index contributed by atoms with van der Waals surface area (Å²) in [6.45, 7) is 1.20. The summed E-state index contributed by atoms with van der Waals surface area (Å²) in [5.41, 5.74) is -0.559. The second-order valence-corrected chi connectivity index (χ2v) is 6.11. The molecule has 2 rings (SSSR count). The number of hydrogen-bond acceptors (Lipinski definition) is 5. The molecule has 9 heteroatoms. The zero-order valence-electron chi connectivity index (χ0n) is 11.3. The zero-order chi connectivity index (χ0) is 15.5. The number of ether oxygens (including phenoxy) is 2. The molecule has 1 unspecified atom stereocenters. The molecule has 0 bridgehead atoms. The van der Waals surface area contributed by atoms with Crippen LogP contribution in [0.25, 0.3) is 0 Å². The van der Waals surface area contributed by atoms with E-state index in [0.29, 0.717) is 24.6 Å². The number of aromatic nitrogens is 1. The average Bonchev–Trinajstić information content (AvgIpc) is 3.04. The molecule has 1 aromatic rings. The number of halogens is 3. The predicted molar refractivity (Wildman–Crippen MR) is 74.2 cm³/mol. The smallest absolute Gasteiger partial charge is 0.280 e. The van der Waals surface area contributed by atoms with Crippen molar-refractivity contribution in [2.24, 2.45) is 0 Å². The number of alkyl halides is 2. The molecule has 1 aliphatic heterocycles. The standard InChI is InChI=1S/C12H15ClF2N2O3S/c1-19-6-12(3-2-4-20-12)5-16-10(18)11-17-8(13)7(21-11)9(14)15/h9H,2-6H2,1H3,(H,16,18). The van der Waals surface area contributed by atoms with Gasteiger partial charge in [0.25, 0.3) is 12.3 Å². The third-order valence-electron chi connectivity index (χ3n) is 3.17. The Morgan fingerprint density at radius 2 is 2.43 bits per heavy atom. The summed E-state index contributed by atoms with van der Waals surface area (Å²) in [6.07, 6.45) is -1.09. The lowest BCUT2D eigenvalue weighted by molar-refractivity contribution is -0.0485. The van der Waals surface area contributed by atoms with Gasteiger partial charge in [-0.15, -0.1) is 11.3 Å². The highest BCUT2D eigenvalue weighted by Crippen LogP contribution is 2.32. The minimum atomic E-state index is -2.74. The molecular formula is C12H15ClF2N2O3S. The van der Waals surface area contributed by atoms with E-state index < -0.39 is 22.8 Å². The minimum Gasteiger partial charge on any atom is -0.382 e. The van der Waals surface area contributed by atoms with E-state index in [1.165, 1.54) is 0 Å². The fourth-order valence-electron chi connectivity index (χ4n) is 2.18. The highest BCUT2D eigenvalue weighted by atomic mass is 35.5. The van der Waals surface area contributed by atoms with Gasteiger partial charge in [0, 0.05) is 20.3 Å². The van der Waals surface area contributed by atoms with Gasteiger partial charge in [-0.1, -0.05) is 11.6 Å². The lowest BCUT2D eigenvalue weighted by Gasteiger charge is -2.27. The highest BCUT2D eigenvalue weighted by Gasteiger charge is 2.36. The Morgan fingerprint density at radius 1 is 1.67 bits per heavy atom. The van der Waals surface area contributed by atoms with Crippen LogP contribution < -0.4 is 5.32 Å². The summed E-state index contributed by atoms with van der Waals surface area (Å²) in [7, 11) is 1.56. The first-order valence-electron chi connectivity index (χ1n) is 6.33. The Hall–Kier alpha value is -0.830. The molecule has 0 aromatic carbocycles. The number of hydrogen-bond donors (Lipinski definition) is 1. The first-order valence-corrected chi connectivity index (χ1v) is 7.52. The Bertz CT molecular complexity index is 507. The fraction of sp³-hybridized carbons (Fsp3) is 0.667. The maximum atomic E-state index is 12.6. The summed E-state index contributed by atoms with van der Waals surface area (Å²) in [4.78, 5) is 15.2. The lowest BCUT2D eigenvalue weighted by Crippen LogP contribution is -2.45. The van der Waals surface area contributed by atoms with E-state index in [4.69, 9.17) is 21.1 Å². The molecule has 0 saturated carbocycles. The van der Waals surface area contributed by atoms with Crippen molar-refractivity contribution in [3.63, 3.8) is 0 Å². The van der Waals surface area contributed by atoms with Crippen LogP contribution in [0.5, 0.6) is 0 Å². The largest absolute Gasteiger partial charge is 0.382 e. The van der Waals surface area contributed by atoms with E-state index >= 15 is 0 Å². The molecule has 1 aromatic heterocycles. The summed E-state index contributed by atoms with van der Waals surface area (Å²) >= 11 is 6.18. The molecule has 0 spiro atoms. The van der Waals surface area contributed by atoms with Crippen molar-refractivity contribution in [1.82, 2.24) is 10.3 Å². The number of carbonyl (C=O) groups is 1. The maximum absolute atomic E-state index is 12.6. The maximum Gasteiger partial charge on any atom is 0.280 e. The predicted octanol–water partition coefficient (Wildman–Crippen LogP) is 2.66. The van der Waals surface area contributed by atoms with E-state index in [-0.39, 0.29) is 16.7 Å². The van der Waals surface area contributed by atoms with Crippen LogP contribution in [0.1, 0.15) is 33.9 Å². The first kappa shape index (κ1) is 16.5. The van der Waals surface area contributed by atoms with Crippen molar-refractivity contribution in [1.29, 1.82) is 0 Å². The third kappa shape index (κ3) is 3.88. The van der Waals surface area contributed by atoms with Crippen LogP contribution in [0.15, 0.2) is 0 Å². The number of methoxy groups -OCH3 is 1. The van der Waals surface area contributed by atoms with Gasteiger partial charge in [-0.2, -0.15) is 0 Å². The Morgan fingerprint density at radius 3 is 2.95 bits per heavy atom. The summed E-state index contributed by atoms with van der Waals surface area (Å²) in [5.74, 6) is -0.542. The molecule has 1 N–H and O–H groups in total. The monoisotopic (exact) mass is 340 g/mol. The molecule has 2 heterocycles. The molecular weight excluding hydrogens is 326 g/mol. The average molecular weight is 341 g/mol. The Balaban J connectivity index is 1.99. The van der Waals surface area contributed by atoms with Gasteiger partial charge in [0.15, 0.2) is 5.01 Å². The Labute approximate surface area is 129 Å². The van der Waals surface area contributed by atoms with Gasteiger partial charge in [-0.25, -0.2) is 13.8 Å². The molecule has 0 aliphatic carbocycles. The van der Waals surface area contributed by atoms with Crippen molar-refractivity contribution < 1.29 is 23.0 Å². The quantitative estimate of drug-likeness (QED) is 0.865. The normalized spacial score (nSPS) is 22.0. The number of carbonyl (C=O) groups excluding carboxylic acids is 1. The number of nitrogens with one attached hydrogen (secondary N) is 1. The van der Waals surface area contributed by atoms with Gasteiger partial charge in [0.1, 0.15) is 15.6 Å². The van der Waals surface area contributed by atoms with E-state index in [1.54, 1.807) is 7.11 Å². The first-order chi connectivity index (χ1) is 9.97. The molecule has 1 atom stereocenters. The third-order valence-corrected chi connectivity index (χ3v) is 4.63. The van der Waals surface area contributed by atoms with Gasteiger partial charge in [-0.05, 0) is 12.8 Å². The molecule has 1 saturated heterocycles. The Kier molecular flexibility index (Phi) is 5.48. The van der Waals surface area contributed by atoms with Gasteiger partial charge in [0.05, 0.1) is 6.61 Å². The van der Waals surface area contributed by atoms with Crippen LogP contribution in [0.2, 0.25) is 5.15 Å². The van der Waals surface area contributed by atoms with Crippen LogP contribution in [-0.2, 0) is 9.47 Å². The molecule has 1 amide bonds. The molecule has 0 radical (unpaired) electrons. The number of rotatable bonds is 6. The van der Waals surface area contributed by atoms with Gasteiger partial charge in [-0.3, -0.25) is 4.79 Å². The minimum absolute atomic E-state index is 0.0825. The van der Waals surface area contributed by atoms with Crippen LogP contribution >= 0.6 is 22.9 Å². The molecule has 118 valence electrons. The van der Waals surface area contributed by atoms with Crippen LogP contribution in [-0.4, -0.2) is 43.4 Å².